The van der Waals surface area contributed by atoms with Crippen LogP contribution >= 0.6 is 0 Å². The van der Waals surface area contributed by atoms with Gasteiger partial charge in [-0.05, 0) is 6.92 Å². The molecule has 0 aliphatic heterocycles. The maximum atomic E-state index is 4.30. The molecule has 0 N–H and O–H groups in total. The highest BCUT2D eigenvalue weighted by Crippen LogP contribution is 2.15. The molecule has 0 fully saturated rings. The van der Waals surface area contributed by atoms with Crippen LogP contribution in [-0.4, -0.2) is 24.8 Å². The molecule has 0 unspecified atom stereocenters. The molecule has 0 bridgehead atoms. The van der Waals surface area contributed by atoms with Crippen molar-refractivity contribution in [2.75, 3.05) is 14.1 Å². The summed E-state index contributed by atoms with van der Waals surface area (Å²) < 4.78 is 0. The molecule has 0 heterocycles. The molecular formula is C8H18N2. The molecule has 0 saturated heterocycles. The van der Waals surface area contributed by atoms with Gasteiger partial charge in [-0.25, -0.2) is 0 Å². The Morgan fingerprint density at radius 2 is 1.60 bits per heavy atom. The molecule has 0 amide bonds. The summed E-state index contributed by atoms with van der Waals surface area (Å²) in [4.78, 5) is 0. The van der Waals surface area contributed by atoms with E-state index in [1.807, 2.05) is 19.1 Å². The topological polar surface area (TPSA) is 15.6 Å². The lowest BCUT2D eigenvalue weighted by Gasteiger charge is -2.19. The average molecular weight is 142 g/mol. The Labute approximate surface area is 63.9 Å². The first-order valence-electron chi connectivity index (χ1n) is 3.57. The van der Waals surface area contributed by atoms with Gasteiger partial charge in [0.1, 0.15) is 0 Å². The van der Waals surface area contributed by atoms with E-state index in [0.717, 1.165) is 5.71 Å². The summed E-state index contributed by atoms with van der Waals surface area (Å²) in [6, 6.07) is 0. The molecule has 0 saturated carbocycles. The minimum atomic E-state index is 0.199. The fourth-order valence-corrected chi connectivity index (χ4v) is 0.450. The lowest BCUT2D eigenvalue weighted by atomic mass is 9.91. The number of hydrogen-bond acceptors (Lipinski definition) is 2. The van der Waals surface area contributed by atoms with Crippen molar-refractivity contribution in [3.05, 3.63) is 0 Å². The molecule has 10 heavy (non-hydrogen) atoms. The van der Waals surface area contributed by atoms with Crippen LogP contribution in [0.15, 0.2) is 5.10 Å². The molecule has 60 valence electrons. The van der Waals surface area contributed by atoms with Crippen LogP contribution in [0, 0.1) is 5.41 Å². The van der Waals surface area contributed by atoms with Crippen molar-refractivity contribution in [1.82, 2.24) is 5.01 Å². The second-order valence-electron chi connectivity index (χ2n) is 3.78. The first-order valence-corrected chi connectivity index (χ1v) is 3.57. The van der Waals surface area contributed by atoms with E-state index < -0.39 is 0 Å². The maximum Gasteiger partial charge on any atom is 0.0403 e. The Morgan fingerprint density at radius 3 is 1.70 bits per heavy atom. The largest absolute Gasteiger partial charge is 0.303 e. The highest BCUT2D eigenvalue weighted by Gasteiger charge is 2.13. The van der Waals surface area contributed by atoms with Crippen LogP contribution in [-0.2, 0) is 0 Å². The Hall–Kier alpha value is -0.530. The van der Waals surface area contributed by atoms with Crippen LogP contribution in [0.4, 0.5) is 0 Å². The molecule has 0 aromatic carbocycles. The maximum absolute atomic E-state index is 4.30. The quantitative estimate of drug-likeness (QED) is 0.403. The SMILES string of the molecule is C/C(=N/N(C)C)C(C)(C)C. The number of hydrogen-bond donors (Lipinski definition) is 0. The summed E-state index contributed by atoms with van der Waals surface area (Å²) in [5, 5.41) is 6.13. The predicted molar refractivity (Wildman–Crippen MR) is 46.3 cm³/mol. The third-order valence-electron chi connectivity index (χ3n) is 1.44. The van der Waals surface area contributed by atoms with E-state index in [1.165, 1.54) is 0 Å². The van der Waals surface area contributed by atoms with Crippen LogP contribution < -0.4 is 0 Å². The van der Waals surface area contributed by atoms with Crippen molar-refractivity contribution < 1.29 is 0 Å². The van der Waals surface area contributed by atoms with E-state index in [2.05, 4.69) is 32.8 Å². The van der Waals surface area contributed by atoms with Gasteiger partial charge in [-0.3, -0.25) is 0 Å². The normalized spacial score (nSPS) is 13.6. The lowest BCUT2D eigenvalue weighted by Crippen LogP contribution is -2.20. The summed E-state index contributed by atoms with van der Waals surface area (Å²) in [5.41, 5.74) is 1.36. The van der Waals surface area contributed by atoms with Crippen molar-refractivity contribution in [1.29, 1.82) is 0 Å². The first kappa shape index (κ1) is 9.47. The van der Waals surface area contributed by atoms with Crippen LogP contribution in [0.1, 0.15) is 27.7 Å². The summed E-state index contributed by atoms with van der Waals surface area (Å²) in [7, 11) is 3.88. The third-order valence-corrected chi connectivity index (χ3v) is 1.44. The molecule has 0 rings (SSSR count). The molecule has 0 radical (unpaired) electrons. The van der Waals surface area contributed by atoms with Crippen molar-refractivity contribution in [2.45, 2.75) is 27.7 Å². The van der Waals surface area contributed by atoms with Gasteiger partial charge in [-0.1, -0.05) is 20.8 Å². The van der Waals surface area contributed by atoms with Crippen LogP contribution in [0.2, 0.25) is 0 Å². The van der Waals surface area contributed by atoms with Crippen LogP contribution in [0.3, 0.4) is 0 Å². The molecule has 0 aromatic rings. The van der Waals surface area contributed by atoms with E-state index in [4.69, 9.17) is 0 Å². The van der Waals surface area contributed by atoms with Gasteiger partial charge in [0.15, 0.2) is 0 Å². The van der Waals surface area contributed by atoms with Gasteiger partial charge in [0, 0.05) is 25.2 Å². The smallest absolute Gasteiger partial charge is 0.0403 e. The molecule has 2 nitrogen and oxygen atoms in total. The zero-order chi connectivity index (χ0) is 8.36. The molecule has 0 aromatic heterocycles. The van der Waals surface area contributed by atoms with Gasteiger partial charge in [-0.15, -0.1) is 0 Å². The van der Waals surface area contributed by atoms with Crippen LogP contribution in [0.25, 0.3) is 0 Å². The predicted octanol–water partition coefficient (Wildman–Crippen LogP) is 1.97. The zero-order valence-electron chi connectivity index (χ0n) is 7.89. The van der Waals surface area contributed by atoms with Gasteiger partial charge in [-0.2, -0.15) is 5.10 Å². The summed E-state index contributed by atoms with van der Waals surface area (Å²) in [6.07, 6.45) is 0. The standard InChI is InChI=1S/C8H18N2/c1-7(8(2,3)4)9-10(5)6/h1-6H3/b9-7-. The average Bonchev–Trinajstić information content (AvgIpc) is 1.60. The van der Waals surface area contributed by atoms with E-state index >= 15 is 0 Å². The Bertz CT molecular complexity index is 129. The summed E-state index contributed by atoms with van der Waals surface area (Å²) >= 11 is 0. The molecule has 0 aliphatic rings. The van der Waals surface area contributed by atoms with Gasteiger partial charge < -0.3 is 5.01 Å². The van der Waals surface area contributed by atoms with E-state index in [1.54, 1.807) is 0 Å². The minimum absolute atomic E-state index is 0.199. The summed E-state index contributed by atoms with van der Waals surface area (Å²) in [5.74, 6) is 0. The molecule has 0 aliphatic carbocycles. The molecular weight excluding hydrogens is 124 g/mol. The van der Waals surface area contributed by atoms with E-state index in [0.29, 0.717) is 0 Å². The molecule has 0 atom stereocenters. The minimum Gasteiger partial charge on any atom is -0.303 e. The number of rotatable bonds is 1. The monoisotopic (exact) mass is 142 g/mol. The van der Waals surface area contributed by atoms with Crippen molar-refractivity contribution in [2.24, 2.45) is 10.5 Å². The van der Waals surface area contributed by atoms with Gasteiger partial charge in [0.2, 0.25) is 0 Å². The van der Waals surface area contributed by atoms with Gasteiger partial charge >= 0.3 is 0 Å². The fourth-order valence-electron chi connectivity index (χ4n) is 0.450. The lowest BCUT2D eigenvalue weighted by molar-refractivity contribution is 0.424. The van der Waals surface area contributed by atoms with E-state index in [-0.39, 0.29) is 5.41 Å². The van der Waals surface area contributed by atoms with Crippen molar-refractivity contribution in [3.63, 3.8) is 0 Å². The molecule has 2 heteroatoms. The van der Waals surface area contributed by atoms with Gasteiger partial charge in [0.25, 0.3) is 0 Å². The highest BCUT2D eigenvalue weighted by atomic mass is 15.4. The zero-order valence-corrected chi connectivity index (χ0v) is 7.89. The Morgan fingerprint density at radius 1 is 1.20 bits per heavy atom. The second kappa shape index (κ2) is 3.04. The van der Waals surface area contributed by atoms with Crippen molar-refractivity contribution >= 4 is 5.71 Å². The molecule has 0 spiro atoms. The van der Waals surface area contributed by atoms with Gasteiger partial charge in [0.05, 0.1) is 0 Å². The second-order valence-corrected chi connectivity index (χ2v) is 3.78. The fraction of sp³-hybridized carbons (Fsp3) is 0.875. The first-order chi connectivity index (χ1) is 4.34. The van der Waals surface area contributed by atoms with Crippen LogP contribution in [0.5, 0.6) is 0 Å². The third kappa shape index (κ3) is 3.49. The highest BCUT2D eigenvalue weighted by molar-refractivity contribution is 5.86. The number of hydrazone groups is 1. The van der Waals surface area contributed by atoms with Crippen molar-refractivity contribution in [3.8, 4) is 0 Å². The Kier molecular flexibility index (Phi) is 2.88. The number of nitrogens with zero attached hydrogens (tertiary/aromatic N) is 2. The Balaban J connectivity index is 4.20. The van der Waals surface area contributed by atoms with E-state index in [9.17, 15) is 0 Å². The summed E-state index contributed by atoms with van der Waals surface area (Å²) in [6.45, 7) is 8.54.